The molecule has 0 bridgehead atoms. The van der Waals surface area contributed by atoms with E-state index in [0.717, 1.165) is 29.5 Å². The molecule has 1 aromatic rings. The molecular formula is C18H26O2. The molecule has 1 saturated carbocycles. The summed E-state index contributed by atoms with van der Waals surface area (Å²) in [7, 11) is 0. The summed E-state index contributed by atoms with van der Waals surface area (Å²) >= 11 is 0. The van der Waals surface area contributed by atoms with Gasteiger partial charge in [-0.15, -0.1) is 0 Å². The normalized spacial score (nSPS) is 22.8. The molecular weight excluding hydrogens is 248 g/mol. The number of benzene rings is 1. The van der Waals surface area contributed by atoms with Crippen LogP contribution in [0.4, 0.5) is 0 Å². The Bertz CT molecular complexity index is 464. The van der Waals surface area contributed by atoms with Gasteiger partial charge in [0.15, 0.2) is 5.78 Å². The van der Waals surface area contributed by atoms with Crippen molar-refractivity contribution in [2.24, 2.45) is 5.92 Å². The van der Waals surface area contributed by atoms with E-state index in [-0.39, 0.29) is 18.5 Å². The van der Waals surface area contributed by atoms with Gasteiger partial charge in [-0.2, -0.15) is 0 Å². The highest BCUT2D eigenvalue weighted by Gasteiger charge is 2.25. The molecule has 0 aliphatic heterocycles. The minimum absolute atomic E-state index is 0.117. The molecule has 1 aliphatic carbocycles. The van der Waals surface area contributed by atoms with Crippen LogP contribution >= 0.6 is 0 Å². The lowest BCUT2D eigenvalue weighted by Crippen LogP contribution is -2.29. The minimum atomic E-state index is 0.117. The first-order valence-corrected chi connectivity index (χ1v) is 7.84. The van der Waals surface area contributed by atoms with Crippen LogP contribution in [0, 0.1) is 19.8 Å². The molecule has 0 heterocycles. The summed E-state index contributed by atoms with van der Waals surface area (Å²) in [5, 5.41) is 0. The Hall–Kier alpha value is -1.15. The van der Waals surface area contributed by atoms with Crippen LogP contribution in [0.5, 0.6) is 0 Å². The van der Waals surface area contributed by atoms with Gasteiger partial charge in [0.05, 0.1) is 6.10 Å². The Morgan fingerprint density at radius 3 is 2.75 bits per heavy atom. The van der Waals surface area contributed by atoms with Gasteiger partial charge in [0.25, 0.3) is 0 Å². The molecule has 2 unspecified atom stereocenters. The van der Waals surface area contributed by atoms with Crippen LogP contribution in [-0.2, 0) is 4.74 Å². The number of hydrogen-bond acceptors (Lipinski definition) is 2. The van der Waals surface area contributed by atoms with E-state index in [1.807, 2.05) is 32.0 Å². The molecule has 20 heavy (non-hydrogen) atoms. The summed E-state index contributed by atoms with van der Waals surface area (Å²) in [5.74, 6) is 0.752. The Morgan fingerprint density at radius 2 is 2.00 bits per heavy atom. The number of Topliss-reactive ketones (excluding diaryl/α,β-unsaturated/α-hetero) is 1. The summed E-state index contributed by atoms with van der Waals surface area (Å²) in [4.78, 5) is 12.3. The Balaban J connectivity index is 1.96. The van der Waals surface area contributed by atoms with Gasteiger partial charge in [0.1, 0.15) is 6.61 Å². The third-order valence-electron chi connectivity index (χ3n) is 4.49. The molecule has 110 valence electrons. The van der Waals surface area contributed by atoms with Gasteiger partial charge in [0, 0.05) is 5.56 Å². The molecule has 1 aliphatic rings. The van der Waals surface area contributed by atoms with Crippen molar-refractivity contribution in [3.05, 3.63) is 34.9 Å². The summed E-state index contributed by atoms with van der Waals surface area (Å²) in [6, 6.07) is 6.03. The van der Waals surface area contributed by atoms with Gasteiger partial charge in [-0.1, -0.05) is 43.9 Å². The van der Waals surface area contributed by atoms with Crippen molar-refractivity contribution in [2.45, 2.75) is 59.0 Å². The third kappa shape index (κ3) is 3.69. The molecule has 0 amide bonds. The van der Waals surface area contributed by atoms with Crippen LogP contribution in [0.3, 0.4) is 0 Å². The lowest BCUT2D eigenvalue weighted by molar-refractivity contribution is -0.00572. The fourth-order valence-electron chi connectivity index (χ4n) is 3.16. The van der Waals surface area contributed by atoms with Gasteiger partial charge >= 0.3 is 0 Å². The molecule has 2 nitrogen and oxygen atoms in total. The second-order valence-electron chi connectivity index (χ2n) is 6.04. The second kappa shape index (κ2) is 7.03. The van der Waals surface area contributed by atoms with Crippen molar-refractivity contribution in [3.63, 3.8) is 0 Å². The van der Waals surface area contributed by atoms with Gasteiger partial charge in [-0.3, -0.25) is 4.79 Å². The third-order valence-corrected chi connectivity index (χ3v) is 4.49. The summed E-state index contributed by atoms with van der Waals surface area (Å²) < 4.78 is 5.95. The van der Waals surface area contributed by atoms with E-state index >= 15 is 0 Å². The minimum Gasteiger partial charge on any atom is -0.370 e. The van der Waals surface area contributed by atoms with Crippen LogP contribution in [0.2, 0.25) is 0 Å². The first-order valence-electron chi connectivity index (χ1n) is 7.84. The average molecular weight is 274 g/mol. The van der Waals surface area contributed by atoms with E-state index in [9.17, 15) is 4.79 Å². The van der Waals surface area contributed by atoms with E-state index in [4.69, 9.17) is 4.74 Å². The SMILES string of the molecule is CCC1CCCCC1OCC(=O)c1cc(C)ccc1C. The molecule has 0 radical (unpaired) electrons. The second-order valence-corrected chi connectivity index (χ2v) is 6.04. The maximum Gasteiger partial charge on any atom is 0.188 e. The summed E-state index contributed by atoms with van der Waals surface area (Å²) in [5.41, 5.74) is 2.98. The van der Waals surface area contributed by atoms with Crippen molar-refractivity contribution in [1.29, 1.82) is 0 Å². The lowest BCUT2D eigenvalue weighted by Gasteiger charge is -2.30. The number of ketones is 1. The largest absolute Gasteiger partial charge is 0.370 e. The molecule has 2 heteroatoms. The molecule has 2 rings (SSSR count). The predicted octanol–water partition coefficient (Wildman–Crippen LogP) is 4.47. The number of aryl methyl sites for hydroxylation is 2. The van der Waals surface area contributed by atoms with Crippen molar-refractivity contribution in [1.82, 2.24) is 0 Å². The molecule has 0 spiro atoms. The molecule has 0 aromatic heterocycles. The first kappa shape index (κ1) is 15.2. The number of carbonyl (C=O) groups excluding carboxylic acids is 1. The van der Waals surface area contributed by atoms with Crippen molar-refractivity contribution in [2.75, 3.05) is 6.61 Å². The molecule has 1 fully saturated rings. The summed E-state index contributed by atoms with van der Waals surface area (Å²) in [6.07, 6.45) is 6.34. The zero-order valence-corrected chi connectivity index (χ0v) is 12.9. The topological polar surface area (TPSA) is 26.3 Å². The highest BCUT2D eigenvalue weighted by Crippen LogP contribution is 2.29. The van der Waals surface area contributed by atoms with Crippen LogP contribution < -0.4 is 0 Å². The van der Waals surface area contributed by atoms with Gasteiger partial charge in [-0.25, -0.2) is 0 Å². The number of ether oxygens (including phenoxy) is 1. The van der Waals surface area contributed by atoms with E-state index < -0.39 is 0 Å². The fourth-order valence-corrected chi connectivity index (χ4v) is 3.16. The Labute approximate surface area is 122 Å². The van der Waals surface area contributed by atoms with E-state index in [1.165, 1.54) is 19.3 Å². The smallest absolute Gasteiger partial charge is 0.188 e. The lowest BCUT2D eigenvalue weighted by atomic mass is 9.85. The van der Waals surface area contributed by atoms with Crippen molar-refractivity contribution < 1.29 is 9.53 Å². The van der Waals surface area contributed by atoms with Gasteiger partial charge in [0.2, 0.25) is 0 Å². The zero-order valence-electron chi connectivity index (χ0n) is 12.9. The molecule has 1 aromatic carbocycles. The highest BCUT2D eigenvalue weighted by molar-refractivity contribution is 5.98. The Morgan fingerprint density at radius 1 is 1.25 bits per heavy atom. The molecule has 0 saturated heterocycles. The summed E-state index contributed by atoms with van der Waals surface area (Å²) in [6.45, 7) is 6.46. The predicted molar refractivity (Wildman–Crippen MR) is 82.2 cm³/mol. The number of carbonyl (C=O) groups is 1. The highest BCUT2D eigenvalue weighted by atomic mass is 16.5. The zero-order chi connectivity index (χ0) is 14.5. The van der Waals surface area contributed by atoms with Crippen molar-refractivity contribution in [3.8, 4) is 0 Å². The van der Waals surface area contributed by atoms with E-state index in [2.05, 4.69) is 6.92 Å². The van der Waals surface area contributed by atoms with Gasteiger partial charge < -0.3 is 4.74 Å². The van der Waals surface area contributed by atoms with E-state index in [0.29, 0.717) is 5.92 Å². The monoisotopic (exact) mass is 274 g/mol. The maximum atomic E-state index is 12.3. The Kier molecular flexibility index (Phi) is 5.36. The molecule has 2 atom stereocenters. The number of rotatable bonds is 5. The van der Waals surface area contributed by atoms with Crippen LogP contribution in [0.15, 0.2) is 18.2 Å². The van der Waals surface area contributed by atoms with Gasteiger partial charge in [-0.05, 0) is 44.2 Å². The van der Waals surface area contributed by atoms with Crippen LogP contribution in [0.25, 0.3) is 0 Å². The quantitative estimate of drug-likeness (QED) is 0.740. The molecule has 0 N–H and O–H groups in total. The number of hydrogen-bond donors (Lipinski definition) is 0. The first-order chi connectivity index (χ1) is 9.61. The van der Waals surface area contributed by atoms with Crippen molar-refractivity contribution >= 4 is 5.78 Å². The fraction of sp³-hybridized carbons (Fsp3) is 0.611. The van der Waals surface area contributed by atoms with Crippen LogP contribution in [-0.4, -0.2) is 18.5 Å². The average Bonchev–Trinajstić information content (AvgIpc) is 2.47. The standard InChI is InChI=1S/C18H26O2/c1-4-15-7-5-6-8-18(15)20-12-17(19)16-11-13(2)9-10-14(16)3/h9-11,15,18H,4-8,12H2,1-3H3. The van der Waals surface area contributed by atoms with Crippen LogP contribution in [0.1, 0.15) is 60.5 Å². The van der Waals surface area contributed by atoms with E-state index in [1.54, 1.807) is 0 Å². The maximum absolute atomic E-state index is 12.3.